The predicted octanol–water partition coefficient (Wildman–Crippen LogP) is 2.93. The highest BCUT2D eigenvalue weighted by Gasteiger charge is 2.44. The number of hydrogen-bond acceptors (Lipinski definition) is 4. The van der Waals surface area contributed by atoms with E-state index >= 15 is 0 Å². The van der Waals surface area contributed by atoms with Crippen LogP contribution < -0.4 is 15.1 Å². The highest BCUT2D eigenvalue weighted by molar-refractivity contribution is 6.30. The van der Waals surface area contributed by atoms with Crippen LogP contribution in [0.3, 0.4) is 0 Å². The van der Waals surface area contributed by atoms with E-state index in [4.69, 9.17) is 16.3 Å². The van der Waals surface area contributed by atoms with Gasteiger partial charge in [0.2, 0.25) is 0 Å². The standard InChI is InChI=1S/C19H17ClN4O3/c1-27-16-7-3-6-15(11-16)22-8-9-23-17(18(22)25)21-24(19(23)26)12-13-4-2-5-14(20)10-13/h2-11,17,21H,12H2,1H3. The molecule has 2 aromatic rings. The zero-order valence-electron chi connectivity index (χ0n) is 14.5. The molecule has 3 amide bonds. The Morgan fingerprint density at radius 3 is 2.70 bits per heavy atom. The van der Waals surface area contributed by atoms with Gasteiger partial charge >= 0.3 is 6.03 Å². The van der Waals surface area contributed by atoms with Crippen LogP contribution in [-0.4, -0.2) is 35.1 Å². The van der Waals surface area contributed by atoms with Gasteiger partial charge in [-0.05, 0) is 29.8 Å². The lowest BCUT2D eigenvalue weighted by Crippen LogP contribution is -2.51. The Balaban J connectivity index is 1.55. The van der Waals surface area contributed by atoms with E-state index < -0.39 is 6.17 Å². The molecule has 2 heterocycles. The van der Waals surface area contributed by atoms with Crippen LogP contribution in [0.1, 0.15) is 5.56 Å². The summed E-state index contributed by atoms with van der Waals surface area (Å²) in [6.45, 7) is 0.298. The summed E-state index contributed by atoms with van der Waals surface area (Å²) in [6, 6.07) is 14.1. The molecule has 4 rings (SSSR count). The molecule has 1 saturated heterocycles. The van der Waals surface area contributed by atoms with Crippen molar-refractivity contribution in [2.45, 2.75) is 12.7 Å². The molecule has 2 aromatic carbocycles. The maximum absolute atomic E-state index is 12.9. The summed E-state index contributed by atoms with van der Waals surface area (Å²) in [5, 5.41) is 2.00. The van der Waals surface area contributed by atoms with Gasteiger partial charge in [-0.25, -0.2) is 4.79 Å². The Hall–Kier alpha value is -3.03. The van der Waals surface area contributed by atoms with Gasteiger partial charge in [-0.1, -0.05) is 29.8 Å². The van der Waals surface area contributed by atoms with E-state index in [1.165, 1.54) is 14.8 Å². The fourth-order valence-corrected chi connectivity index (χ4v) is 3.30. The molecule has 2 aliphatic heterocycles. The molecule has 2 aliphatic rings. The van der Waals surface area contributed by atoms with Gasteiger partial charge in [0.1, 0.15) is 5.75 Å². The third-order valence-corrected chi connectivity index (χ3v) is 4.65. The number of carbonyl (C=O) groups excluding carboxylic acids is 2. The number of rotatable bonds is 4. The molecule has 0 bridgehead atoms. The van der Waals surface area contributed by atoms with Gasteiger partial charge in [0.15, 0.2) is 6.17 Å². The molecule has 0 saturated carbocycles. The summed E-state index contributed by atoms with van der Waals surface area (Å²) in [4.78, 5) is 28.4. The molecule has 0 aliphatic carbocycles. The molecule has 138 valence electrons. The first-order valence-corrected chi connectivity index (χ1v) is 8.70. The fourth-order valence-electron chi connectivity index (χ4n) is 3.09. The molecule has 1 unspecified atom stereocenters. The summed E-state index contributed by atoms with van der Waals surface area (Å²) < 4.78 is 5.22. The number of hydrogen-bond donors (Lipinski definition) is 1. The SMILES string of the molecule is COc1cccc(N2C=CN3C(=O)N(Cc4cccc(Cl)c4)NC3C2=O)c1. The smallest absolute Gasteiger partial charge is 0.340 e. The van der Waals surface area contributed by atoms with Crippen LogP contribution in [0.5, 0.6) is 5.75 Å². The van der Waals surface area contributed by atoms with E-state index in [1.807, 2.05) is 12.1 Å². The number of anilines is 1. The molecular weight excluding hydrogens is 368 g/mol. The zero-order chi connectivity index (χ0) is 19.0. The van der Waals surface area contributed by atoms with Crippen molar-refractivity contribution in [3.05, 3.63) is 71.5 Å². The maximum atomic E-state index is 12.9. The number of benzene rings is 2. The molecule has 0 aromatic heterocycles. The number of halogens is 1. The molecule has 1 fully saturated rings. The van der Waals surface area contributed by atoms with Gasteiger partial charge < -0.3 is 4.74 Å². The van der Waals surface area contributed by atoms with E-state index in [-0.39, 0.29) is 11.9 Å². The highest BCUT2D eigenvalue weighted by atomic mass is 35.5. The molecule has 1 atom stereocenters. The van der Waals surface area contributed by atoms with Crippen molar-refractivity contribution in [2.75, 3.05) is 12.0 Å². The van der Waals surface area contributed by atoms with Gasteiger partial charge in [-0.2, -0.15) is 5.43 Å². The van der Waals surface area contributed by atoms with Crippen molar-refractivity contribution in [1.29, 1.82) is 0 Å². The van der Waals surface area contributed by atoms with Crippen LogP contribution in [0, 0.1) is 0 Å². The van der Waals surface area contributed by atoms with Gasteiger partial charge in [-0.3, -0.25) is 19.6 Å². The van der Waals surface area contributed by atoms with Gasteiger partial charge in [0.05, 0.1) is 19.3 Å². The summed E-state index contributed by atoms with van der Waals surface area (Å²) in [7, 11) is 1.57. The lowest BCUT2D eigenvalue weighted by molar-refractivity contribution is -0.122. The van der Waals surface area contributed by atoms with Crippen LogP contribution in [0.25, 0.3) is 0 Å². The van der Waals surface area contributed by atoms with E-state index in [2.05, 4.69) is 5.43 Å². The van der Waals surface area contributed by atoms with Gasteiger partial charge in [0, 0.05) is 23.5 Å². The lowest BCUT2D eigenvalue weighted by Gasteiger charge is -2.29. The number of hydrazine groups is 1. The monoisotopic (exact) mass is 384 g/mol. The molecule has 7 nitrogen and oxygen atoms in total. The number of carbonyl (C=O) groups is 2. The average Bonchev–Trinajstić information content (AvgIpc) is 2.99. The second-order valence-corrected chi connectivity index (χ2v) is 6.58. The Kier molecular flexibility index (Phi) is 4.47. The second kappa shape index (κ2) is 6.94. The van der Waals surface area contributed by atoms with E-state index in [0.717, 1.165) is 5.56 Å². The van der Waals surface area contributed by atoms with Crippen molar-refractivity contribution in [2.24, 2.45) is 0 Å². The van der Waals surface area contributed by atoms with Crippen LogP contribution in [0.15, 0.2) is 60.9 Å². The minimum Gasteiger partial charge on any atom is -0.497 e. The molecule has 0 radical (unpaired) electrons. The number of nitrogens with zero attached hydrogens (tertiary/aromatic N) is 3. The van der Waals surface area contributed by atoms with Crippen molar-refractivity contribution in [3.8, 4) is 5.75 Å². The normalized spacial score (nSPS) is 18.9. The third kappa shape index (κ3) is 3.22. The third-order valence-electron chi connectivity index (χ3n) is 4.42. The van der Waals surface area contributed by atoms with Crippen molar-refractivity contribution in [1.82, 2.24) is 15.3 Å². The Morgan fingerprint density at radius 1 is 1.11 bits per heavy atom. The maximum Gasteiger partial charge on any atom is 0.340 e. The molecule has 8 heteroatoms. The van der Waals surface area contributed by atoms with Crippen LogP contribution in [-0.2, 0) is 11.3 Å². The lowest BCUT2D eigenvalue weighted by atomic mass is 10.2. The fraction of sp³-hybridized carbons (Fsp3) is 0.158. The minimum absolute atomic E-state index is 0.257. The van der Waals surface area contributed by atoms with E-state index in [1.54, 1.807) is 55.9 Å². The number of ether oxygens (including phenoxy) is 1. The van der Waals surface area contributed by atoms with Crippen molar-refractivity contribution in [3.63, 3.8) is 0 Å². The largest absolute Gasteiger partial charge is 0.497 e. The first kappa shape index (κ1) is 17.4. The Labute approximate surface area is 161 Å². The van der Waals surface area contributed by atoms with Gasteiger partial charge in [-0.15, -0.1) is 0 Å². The van der Waals surface area contributed by atoms with E-state index in [0.29, 0.717) is 23.0 Å². The average molecular weight is 385 g/mol. The minimum atomic E-state index is -0.798. The molecule has 0 spiro atoms. The topological polar surface area (TPSA) is 65.1 Å². The Morgan fingerprint density at radius 2 is 1.93 bits per heavy atom. The number of amides is 3. The summed E-state index contributed by atoms with van der Waals surface area (Å²) >= 11 is 6.01. The molecule has 1 N–H and O–H groups in total. The van der Waals surface area contributed by atoms with Crippen molar-refractivity contribution < 1.29 is 14.3 Å². The Bertz CT molecular complexity index is 933. The van der Waals surface area contributed by atoms with Crippen molar-refractivity contribution >= 4 is 29.2 Å². The first-order valence-electron chi connectivity index (χ1n) is 8.33. The second-order valence-electron chi connectivity index (χ2n) is 6.15. The summed E-state index contributed by atoms with van der Waals surface area (Å²) in [6.07, 6.45) is 2.38. The van der Waals surface area contributed by atoms with Crippen LogP contribution in [0.2, 0.25) is 5.02 Å². The number of fused-ring (bicyclic) bond motifs is 1. The van der Waals surface area contributed by atoms with E-state index in [9.17, 15) is 9.59 Å². The van der Waals surface area contributed by atoms with Gasteiger partial charge in [0.25, 0.3) is 5.91 Å². The summed E-state index contributed by atoms with van der Waals surface area (Å²) in [5.74, 6) is 0.391. The first-order chi connectivity index (χ1) is 13.1. The predicted molar refractivity (Wildman–Crippen MR) is 101 cm³/mol. The van der Waals surface area contributed by atoms with Crippen LogP contribution >= 0.6 is 11.6 Å². The van der Waals surface area contributed by atoms with Crippen LogP contribution in [0.4, 0.5) is 10.5 Å². The summed E-state index contributed by atoms with van der Waals surface area (Å²) in [5.41, 5.74) is 4.51. The number of methoxy groups -OCH3 is 1. The molecular formula is C19H17ClN4O3. The molecule has 27 heavy (non-hydrogen) atoms. The number of urea groups is 1. The zero-order valence-corrected chi connectivity index (χ0v) is 15.3. The number of nitrogens with one attached hydrogen (secondary N) is 1. The highest BCUT2D eigenvalue weighted by Crippen LogP contribution is 2.27. The quantitative estimate of drug-likeness (QED) is 0.880.